The second-order valence-corrected chi connectivity index (χ2v) is 8.06. The molecule has 0 saturated carbocycles. The van der Waals surface area contributed by atoms with Gasteiger partial charge in [0.05, 0.1) is 6.61 Å². The standard InChI is InChI=1S/C27H40N2O/c1-3-5-7-9-10-11-13-15-21-30-26-19-17-25(18-20-26)27-28-22-24(23-29-27)16-14-12-8-6-4-2/h9-10,17-20,22-23H,3-8,11-16,21H2,1-2H3. The first-order valence-electron chi connectivity index (χ1n) is 12.0. The summed E-state index contributed by atoms with van der Waals surface area (Å²) in [5.41, 5.74) is 2.27. The first kappa shape index (κ1) is 24.1. The van der Waals surface area contributed by atoms with Crippen molar-refractivity contribution in [2.24, 2.45) is 0 Å². The van der Waals surface area contributed by atoms with Gasteiger partial charge in [-0.3, -0.25) is 0 Å². The molecule has 0 aliphatic rings. The molecule has 0 aliphatic carbocycles. The summed E-state index contributed by atoms with van der Waals surface area (Å²) in [4.78, 5) is 9.12. The number of benzene rings is 1. The molecule has 0 atom stereocenters. The van der Waals surface area contributed by atoms with Crippen molar-refractivity contribution in [3.05, 3.63) is 54.4 Å². The summed E-state index contributed by atoms with van der Waals surface area (Å²) in [7, 11) is 0. The molecule has 1 heterocycles. The van der Waals surface area contributed by atoms with Crippen LogP contribution in [0.5, 0.6) is 5.75 Å². The van der Waals surface area contributed by atoms with Crippen LogP contribution in [0.3, 0.4) is 0 Å². The zero-order valence-corrected chi connectivity index (χ0v) is 19.1. The van der Waals surface area contributed by atoms with E-state index in [0.717, 1.165) is 43.0 Å². The molecular weight excluding hydrogens is 368 g/mol. The van der Waals surface area contributed by atoms with Crippen LogP contribution < -0.4 is 4.74 Å². The maximum atomic E-state index is 5.87. The van der Waals surface area contributed by atoms with E-state index in [2.05, 4.69) is 36.0 Å². The summed E-state index contributed by atoms with van der Waals surface area (Å²) in [6.45, 7) is 5.25. The summed E-state index contributed by atoms with van der Waals surface area (Å²) < 4.78 is 5.87. The van der Waals surface area contributed by atoms with E-state index in [1.807, 2.05) is 36.7 Å². The molecular formula is C27H40N2O. The van der Waals surface area contributed by atoms with Crippen LogP contribution in [-0.2, 0) is 6.42 Å². The molecule has 0 fully saturated rings. The van der Waals surface area contributed by atoms with Crippen molar-refractivity contribution in [3.8, 4) is 17.1 Å². The Labute approximate surface area is 184 Å². The summed E-state index contributed by atoms with van der Waals surface area (Å²) in [5, 5.41) is 0. The molecule has 3 nitrogen and oxygen atoms in total. The Morgan fingerprint density at radius 2 is 1.40 bits per heavy atom. The van der Waals surface area contributed by atoms with Gasteiger partial charge in [0, 0.05) is 18.0 Å². The maximum Gasteiger partial charge on any atom is 0.159 e. The third kappa shape index (κ3) is 10.0. The lowest BCUT2D eigenvalue weighted by Crippen LogP contribution is -1.97. The Hall–Kier alpha value is -2.16. The second-order valence-electron chi connectivity index (χ2n) is 8.06. The molecule has 164 valence electrons. The van der Waals surface area contributed by atoms with Crippen molar-refractivity contribution < 1.29 is 4.74 Å². The van der Waals surface area contributed by atoms with E-state index in [4.69, 9.17) is 4.74 Å². The Balaban J connectivity index is 1.66. The van der Waals surface area contributed by atoms with Gasteiger partial charge in [-0.1, -0.05) is 64.5 Å². The lowest BCUT2D eigenvalue weighted by atomic mass is 10.1. The van der Waals surface area contributed by atoms with Gasteiger partial charge in [-0.05, 0) is 68.4 Å². The molecule has 0 unspecified atom stereocenters. The van der Waals surface area contributed by atoms with Gasteiger partial charge in [-0.25, -0.2) is 9.97 Å². The maximum absolute atomic E-state index is 5.87. The SMILES string of the molecule is CCCCC=CCCCCOc1ccc(-c2ncc(CCCCCCC)cn2)cc1. The van der Waals surface area contributed by atoms with Gasteiger partial charge < -0.3 is 4.74 Å². The zero-order valence-electron chi connectivity index (χ0n) is 19.1. The third-order valence-electron chi connectivity index (χ3n) is 5.31. The average Bonchev–Trinajstić information content (AvgIpc) is 2.79. The minimum Gasteiger partial charge on any atom is -0.494 e. The van der Waals surface area contributed by atoms with Crippen molar-refractivity contribution >= 4 is 0 Å². The van der Waals surface area contributed by atoms with Crippen LogP contribution in [0.15, 0.2) is 48.8 Å². The average molecular weight is 409 g/mol. The molecule has 0 aliphatic heterocycles. The predicted molar refractivity (Wildman–Crippen MR) is 128 cm³/mol. The summed E-state index contributed by atoms with van der Waals surface area (Å²) in [6.07, 6.45) is 23.3. The lowest BCUT2D eigenvalue weighted by molar-refractivity contribution is 0.307. The van der Waals surface area contributed by atoms with Gasteiger partial charge in [0.2, 0.25) is 0 Å². The normalized spacial score (nSPS) is 11.3. The quantitative estimate of drug-likeness (QED) is 0.209. The number of hydrogen-bond donors (Lipinski definition) is 0. The van der Waals surface area contributed by atoms with Crippen LogP contribution in [-0.4, -0.2) is 16.6 Å². The van der Waals surface area contributed by atoms with Gasteiger partial charge in [0.1, 0.15) is 5.75 Å². The number of hydrogen-bond acceptors (Lipinski definition) is 3. The highest BCUT2D eigenvalue weighted by atomic mass is 16.5. The van der Waals surface area contributed by atoms with E-state index in [-0.39, 0.29) is 0 Å². The van der Waals surface area contributed by atoms with Gasteiger partial charge in [0.15, 0.2) is 5.82 Å². The molecule has 0 saturated heterocycles. The van der Waals surface area contributed by atoms with Crippen molar-refractivity contribution in [3.63, 3.8) is 0 Å². The van der Waals surface area contributed by atoms with Gasteiger partial charge in [0.25, 0.3) is 0 Å². The van der Waals surface area contributed by atoms with Crippen LogP contribution in [0.25, 0.3) is 11.4 Å². The topological polar surface area (TPSA) is 35.0 Å². The van der Waals surface area contributed by atoms with E-state index in [9.17, 15) is 0 Å². The number of rotatable bonds is 16. The minimum absolute atomic E-state index is 0.769. The van der Waals surface area contributed by atoms with Gasteiger partial charge >= 0.3 is 0 Å². The molecule has 3 heteroatoms. The predicted octanol–water partition coefficient (Wildman–Crippen LogP) is 7.95. The second kappa shape index (κ2) is 15.6. The highest BCUT2D eigenvalue weighted by Gasteiger charge is 2.03. The third-order valence-corrected chi connectivity index (χ3v) is 5.31. The number of aromatic nitrogens is 2. The van der Waals surface area contributed by atoms with Crippen molar-refractivity contribution in [2.75, 3.05) is 6.61 Å². The first-order valence-corrected chi connectivity index (χ1v) is 12.0. The van der Waals surface area contributed by atoms with E-state index >= 15 is 0 Å². The molecule has 2 rings (SSSR count). The highest BCUT2D eigenvalue weighted by molar-refractivity contribution is 5.55. The lowest BCUT2D eigenvalue weighted by Gasteiger charge is -2.07. The van der Waals surface area contributed by atoms with Gasteiger partial charge in [-0.15, -0.1) is 0 Å². The molecule has 1 aromatic heterocycles. The van der Waals surface area contributed by atoms with Crippen LogP contribution in [0, 0.1) is 0 Å². The largest absolute Gasteiger partial charge is 0.494 e. The molecule has 0 amide bonds. The van der Waals surface area contributed by atoms with Crippen LogP contribution in [0.2, 0.25) is 0 Å². The van der Waals surface area contributed by atoms with Gasteiger partial charge in [-0.2, -0.15) is 0 Å². The van der Waals surface area contributed by atoms with E-state index in [0.29, 0.717) is 0 Å². The number of unbranched alkanes of at least 4 members (excludes halogenated alkanes) is 8. The number of aryl methyl sites for hydroxylation is 1. The number of allylic oxidation sites excluding steroid dienone is 2. The van der Waals surface area contributed by atoms with Crippen molar-refractivity contribution in [1.29, 1.82) is 0 Å². The minimum atomic E-state index is 0.769. The molecule has 0 bridgehead atoms. The monoisotopic (exact) mass is 408 g/mol. The Morgan fingerprint density at radius 1 is 0.733 bits per heavy atom. The molecule has 1 aromatic carbocycles. The summed E-state index contributed by atoms with van der Waals surface area (Å²) in [6, 6.07) is 8.13. The first-order chi connectivity index (χ1) is 14.8. The van der Waals surface area contributed by atoms with E-state index < -0.39 is 0 Å². The van der Waals surface area contributed by atoms with Crippen molar-refractivity contribution in [1.82, 2.24) is 9.97 Å². The molecule has 0 radical (unpaired) electrons. The summed E-state index contributed by atoms with van der Waals surface area (Å²) >= 11 is 0. The van der Waals surface area contributed by atoms with Crippen LogP contribution >= 0.6 is 0 Å². The molecule has 30 heavy (non-hydrogen) atoms. The Kier molecular flexibility index (Phi) is 12.6. The zero-order chi connectivity index (χ0) is 21.3. The fourth-order valence-corrected chi connectivity index (χ4v) is 3.38. The number of ether oxygens (including phenoxy) is 1. The highest BCUT2D eigenvalue weighted by Crippen LogP contribution is 2.20. The van der Waals surface area contributed by atoms with Crippen molar-refractivity contribution in [2.45, 2.75) is 90.9 Å². The Bertz CT molecular complexity index is 692. The molecule has 2 aromatic rings. The Morgan fingerprint density at radius 3 is 2.10 bits per heavy atom. The van der Waals surface area contributed by atoms with E-state index in [1.54, 1.807) is 0 Å². The van der Waals surface area contributed by atoms with Crippen LogP contribution in [0.4, 0.5) is 0 Å². The van der Waals surface area contributed by atoms with E-state index in [1.165, 1.54) is 63.4 Å². The fraction of sp³-hybridized carbons (Fsp3) is 0.556. The molecule has 0 N–H and O–H groups in total. The smallest absolute Gasteiger partial charge is 0.159 e. The fourth-order valence-electron chi connectivity index (χ4n) is 3.38. The summed E-state index contributed by atoms with van der Waals surface area (Å²) in [5.74, 6) is 1.70. The van der Waals surface area contributed by atoms with Crippen LogP contribution in [0.1, 0.15) is 90.0 Å². The molecule has 0 spiro atoms. The number of nitrogens with zero attached hydrogens (tertiary/aromatic N) is 2.